The molecule has 2 aromatic heterocycles. The van der Waals surface area contributed by atoms with Gasteiger partial charge in [0.15, 0.2) is 5.65 Å². The van der Waals surface area contributed by atoms with Crippen LogP contribution in [0.5, 0.6) is 0 Å². The summed E-state index contributed by atoms with van der Waals surface area (Å²) in [6, 6.07) is 10.3. The Kier molecular flexibility index (Phi) is 3.69. The number of hydrogen-bond donors (Lipinski definition) is 1. The normalized spacial score (nSPS) is 16.0. The van der Waals surface area contributed by atoms with Crippen LogP contribution in [-0.2, 0) is 0 Å². The summed E-state index contributed by atoms with van der Waals surface area (Å²) in [6.07, 6.45) is 1.30. The van der Waals surface area contributed by atoms with E-state index in [2.05, 4.69) is 15.0 Å². The lowest BCUT2D eigenvalue weighted by Crippen LogP contribution is -2.37. The number of fused-ring (bicyclic) bond motifs is 1. The van der Waals surface area contributed by atoms with E-state index in [4.69, 9.17) is 0 Å². The van der Waals surface area contributed by atoms with Crippen LogP contribution >= 0.6 is 0 Å². The van der Waals surface area contributed by atoms with Crippen molar-refractivity contribution in [2.75, 3.05) is 18.0 Å². The van der Waals surface area contributed by atoms with Crippen LogP contribution in [0.25, 0.3) is 16.9 Å². The molecule has 0 saturated carbocycles. The molecule has 1 aromatic carbocycles. The van der Waals surface area contributed by atoms with E-state index in [0.29, 0.717) is 0 Å². The number of hydrogen-bond acceptors (Lipinski definition) is 4. The first-order valence-electron chi connectivity index (χ1n) is 8.16. The Balaban J connectivity index is 1.78. The minimum absolute atomic E-state index is 0.216. The molecule has 0 spiro atoms. The first-order valence-corrected chi connectivity index (χ1v) is 8.16. The van der Waals surface area contributed by atoms with Gasteiger partial charge in [0, 0.05) is 36.5 Å². The Morgan fingerprint density at radius 3 is 2.54 bits per heavy atom. The molecule has 0 radical (unpaired) electrons. The summed E-state index contributed by atoms with van der Waals surface area (Å²) in [5.41, 5.74) is 3.33. The lowest BCUT2D eigenvalue weighted by molar-refractivity contribution is 0.145. The van der Waals surface area contributed by atoms with Crippen molar-refractivity contribution in [3.63, 3.8) is 0 Å². The second kappa shape index (κ2) is 5.87. The van der Waals surface area contributed by atoms with Gasteiger partial charge in [-0.05, 0) is 44.0 Å². The molecule has 1 fully saturated rings. The largest absolute Gasteiger partial charge is 0.393 e. The third-order valence-electron chi connectivity index (χ3n) is 4.46. The van der Waals surface area contributed by atoms with Crippen molar-refractivity contribution in [2.45, 2.75) is 25.9 Å². The molecule has 3 aromatic rings. The number of halogens is 1. The van der Waals surface area contributed by atoms with E-state index >= 15 is 0 Å². The van der Waals surface area contributed by atoms with Crippen molar-refractivity contribution in [3.05, 3.63) is 47.9 Å². The fourth-order valence-electron chi connectivity index (χ4n) is 3.16. The van der Waals surface area contributed by atoms with Crippen LogP contribution in [0.15, 0.2) is 36.4 Å². The summed E-state index contributed by atoms with van der Waals surface area (Å²) in [6.45, 7) is 3.56. The Bertz CT molecular complexity index is 867. The smallest absolute Gasteiger partial charge is 0.158 e. The number of anilines is 1. The maximum absolute atomic E-state index is 13.1. The van der Waals surface area contributed by atoms with E-state index in [-0.39, 0.29) is 11.9 Å². The number of rotatable bonds is 2. The zero-order valence-corrected chi connectivity index (χ0v) is 13.5. The summed E-state index contributed by atoms with van der Waals surface area (Å²) in [7, 11) is 0. The van der Waals surface area contributed by atoms with Crippen LogP contribution in [0.2, 0.25) is 0 Å². The maximum atomic E-state index is 13.1. The van der Waals surface area contributed by atoms with Gasteiger partial charge in [-0.3, -0.25) is 0 Å². The molecule has 3 heterocycles. The van der Waals surface area contributed by atoms with Crippen LogP contribution in [0, 0.1) is 12.7 Å². The molecule has 1 saturated heterocycles. The molecule has 0 atom stereocenters. The van der Waals surface area contributed by atoms with E-state index in [9.17, 15) is 9.50 Å². The lowest BCUT2D eigenvalue weighted by Gasteiger charge is -2.31. The molecule has 0 aliphatic carbocycles. The summed E-state index contributed by atoms with van der Waals surface area (Å²) in [5.74, 6) is 0.724. The maximum Gasteiger partial charge on any atom is 0.158 e. The predicted octanol–water partition coefficient (Wildman–Crippen LogP) is 2.80. The molecular weight excluding hydrogens is 307 g/mol. The highest BCUT2D eigenvalue weighted by molar-refractivity contribution is 5.66. The quantitative estimate of drug-likeness (QED) is 0.787. The van der Waals surface area contributed by atoms with Gasteiger partial charge in [0.25, 0.3) is 0 Å². The van der Waals surface area contributed by atoms with Crippen LogP contribution < -0.4 is 4.90 Å². The molecular formula is C18H19FN4O. The Morgan fingerprint density at radius 2 is 1.83 bits per heavy atom. The fourth-order valence-corrected chi connectivity index (χ4v) is 3.16. The number of aliphatic hydroxyl groups excluding tert-OH is 1. The van der Waals surface area contributed by atoms with Gasteiger partial charge in [-0.15, -0.1) is 0 Å². The fraction of sp³-hybridized carbons (Fsp3) is 0.333. The number of piperidine rings is 1. The molecule has 124 valence electrons. The monoisotopic (exact) mass is 326 g/mol. The standard InChI is InChI=1S/C18H19FN4O/c1-12-10-18(22-8-6-15(24)7-9-22)23-17(20-12)11-16(21-23)13-2-4-14(19)5-3-13/h2-5,10-11,15,24H,6-9H2,1H3. The van der Waals surface area contributed by atoms with Gasteiger partial charge in [-0.1, -0.05) is 0 Å². The van der Waals surface area contributed by atoms with Crippen molar-refractivity contribution in [2.24, 2.45) is 0 Å². The van der Waals surface area contributed by atoms with Gasteiger partial charge in [0.05, 0.1) is 11.8 Å². The van der Waals surface area contributed by atoms with Crippen LogP contribution in [0.4, 0.5) is 10.2 Å². The number of aromatic nitrogens is 3. The van der Waals surface area contributed by atoms with Gasteiger partial charge in [-0.25, -0.2) is 9.37 Å². The van der Waals surface area contributed by atoms with Crippen molar-refractivity contribution in [3.8, 4) is 11.3 Å². The molecule has 1 N–H and O–H groups in total. The van der Waals surface area contributed by atoms with Gasteiger partial charge >= 0.3 is 0 Å². The summed E-state index contributed by atoms with van der Waals surface area (Å²) >= 11 is 0. The molecule has 0 unspecified atom stereocenters. The highest BCUT2D eigenvalue weighted by atomic mass is 19.1. The van der Waals surface area contributed by atoms with Crippen molar-refractivity contribution < 1.29 is 9.50 Å². The van der Waals surface area contributed by atoms with Crippen LogP contribution in [-0.4, -0.2) is 38.9 Å². The molecule has 4 rings (SSSR count). The van der Waals surface area contributed by atoms with Gasteiger partial charge in [0.2, 0.25) is 0 Å². The van der Waals surface area contributed by atoms with Gasteiger partial charge in [0.1, 0.15) is 11.6 Å². The molecule has 5 nitrogen and oxygen atoms in total. The molecule has 24 heavy (non-hydrogen) atoms. The van der Waals surface area contributed by atoms with Crippen molar-refractivity contribution in [1.29, 1.82) is 0 Å². The first kappa shape index (κ1) is 15.1. The van der Waals surface area contributed by atoms with Gasteiger partial charge in [-0.2, -0.15) is 9.61 Å². The number of aryl methyl sites for hydroxylation is 1. The van der Waals surface area contributed by atoms with Crippen LogP contribution in [0.1, 0.15) is 18.5 Å². The van der Waals surface area contributed by atoms with E-state index in [1.807, 2.05) is 23.6 Å². The molecule has 1 aliphatic heterocycles. The molecule has 1 aliphatic rings. The first-order chi connectivity index (χ1) is 11.6. The zero-order valence-electron chi connectivity index (χ0n) is 13.5. The molecule has 0 bridgehead atoms. The molecule has 0 amide bonds. The summed E-state index contributed by atoms with van der Waals surface area (Å²) in [5, 5.41) is 14.4. The van der Waals surface area contributed by atoms with Crippen molar-refractivity contribution >= 4 is 11.5 Å². The minimum Gasteiger partial charge on any atom is -0.393 e. The highest BCUT2D eigenvalue weighted by Gasteiger charge is 2.20. The Hall–Kier alpha value is -2.47. The Morgan fingerprint density at radius 1 is 1.12 bits per heavy atom. The third-order valence-corrected chi connectivity index (χ3v) is 4.46. The Labute approximate surface area is 139 Å². The third kappa shape index (κ3) is 2.73. The van der Waals surface area contributed by atoms with E-state index < -0.39 is 0 Å². The van der Waals surface area contributed by atoms with E-state index in [1.54, 1.807) is 12.1 Å². The van der Waals surface area contributed by atoms with E-state index in [1.165, 1.54) is 12.1 Å². The van der Waals surface area contributed by atoms with Crippen molar-refractivity contribution in [1.82, 2.24) is 14.6 Å². The minimum atomic E-state index is -0.260. The summed E-state index contributed by atoms with van der Waals surface area (Å²) < 4.78 is 15.0. The number of benzene rings is 1. The van der Waals surface area contributed by atoms with Crippen LogP contribution in [0.3, 0.4) is 0 Å². The molecule has 6 heteroatoms. The predicted molar refractivity (Wildman–Crippen MR) is 90.6 cm³/mol. The van der Waals surface area contributed by atoms with Gasteiger partial charge < -0.3 is 10.0 Å². The number of aliphatic hydroxyl groups is 1. The van der Waals surface area contributed by atoms with E-state index in [0.717, 1.165) is 54.3 Å². The zero-order chi connectivity index (χ0) is 16.7. The highest BCUT2D eigenvalue weighted by Crippen LogP contribution is 2.25. The average molecular weight is 326 g/mol. The lowest BCUT2D eigenvalue weighted by atomic mass is 10.1. The summed E-state index contributed by atoms with van der Waals surface area (Å²) in [4.78, 5) is 6.79. The number of nitrogens with zero attached hydrogens (tertiary/aromatic N) is 4. The topological polar surface area (TPSA) is 53.7 Å². The second-order valence-corrected chi connectivity index (χ2v) is 6.28. The SMILES string of the molecule is Cc1cc(N2CCC(O)CC2)n2nc(-c3ccc(F)cc3)cc2n1. The second-order valence-electron chi connectivity index (χ2n) is 6.28. The average Bonchev–Trinajstić information content (AvgIpc) is 2.99.